The molecular weight excluding hydrogens is 176 g/mol. The number of hydrogen-bond acceptors (Lipinski definition) is 2. The van der Waals surface area contributed by atoms with Crippen molar-refractivity contribution in [1.82, 2.24) is 0 Å². The van der Waals surface area contributed by atoms with E-state index < -0.39 is 5.60 Å². The molecule has 0 radical (unpaired) electrons. The van der Waals surface area contributed by atoms with Crippen LogP contribution < -0.4 is 0 Å². The van der Waals surface area contributed by atoms with Gasteiger partial charge in [0.15, 0.2) is 0 Å². The summed E-state index contributed by atoms with van der Waals surface area (Å²) in [6, 6.07) is 0. The van der Waals surface area contributed by atoms with Crippen LogP contribution in [0.4, 0.5) is 0 Å². The molecule has 2 aliphatic rings. The Balaban J connectivity index is 2.22. The molecule has 0 aromatic carbocycles. The molecule has 0 aromatic rings. The van der Waals surface area contributed by atoms with Crippen LogP contribution in [0.5, 0.6) is 0 Å². The van der Waals surface area contributed by atoms with E-state index >= 15 is 0 Å². The summed E-state index contributed by atoms with van der Waals surface area (Å²) in [5.41, 5.74) is -0.726. The minimum absolute atomic E-state index is 0.0251. The summed E-state index contributed by atoms with van der Waals surface area (Å²) in [7, 11) is 0. The summed E-state index contributed by atoms with van der Waals surface area (Å²) in [6.45, 7) is 3.75. The predicted octanol–water partition coefficient (Wildman–Crippen LogP) is 2.22. The second kappa shape index (κ2) is 3.20. The van der Waals surface area contributed by atoms with Crippen LogP contribution in [0.15, 0.2) is 12.7 Å². The van der Waals surface area contributed by atoms with Gasteiger partial charge >= 0.3 is 0 Å². The minimum Gasteiger partial charge on any atom is -0.385 e. The zero-order valence-corrected chi connectivity index (χ0v) is 8.59. The van der Waals surface area contributed by atoms with E-state index in [-0.39, 0.29) is 5.41 Å². The van der Waals surface area contributed by atoms with Crippen molar-refractivity contribution >= 4 is 5.78 Å². The van der Waals surface area contributed by atoms with Gasteiger partial charge in [0.1, 0.15) is 5.78 Å². The molecule has 0 aromatic heterocycles. The molecule has 2 heteroatoms. The van der Waals surface area contributed by atoms with Gasteiger partial charge in [-0.05, 0) is 32.1 Å². The van der Waals surface area contributed by atoms with Gasteiger partial charge in [0, 0.05) is 18.3 Å². The quantitative estimate of drug-likeness (QED) is 0.650. The van der Waals surface area contributed by atoms with Crippen molar-refractivity contribution in [3.05, 3.63) is 12.7 Å². The average Bonchev–Trinajstić information content (AvgIpc) is 2.51. The highest BCUT2D eigenvalue weighted by Gasteiger charge is 2.52. The van der Waals surface area contributed by atoms with Crippen LogP contribution >= 0.6 is 0 Å². The zero-order chi connectivity index (χ0) is 10.2. The highest BCUT2D eigenvalue weighted by Crippen LogP contribution is 2.54. The van der Waals surface area contributed by atoms with Crippen molar-refractivity contribution in [3.8, 4) is 0 Å². The maximum absolute atomic E-state index is 11.2. The van der Waals surface area contributed by atoms with Crippen LogP contribution in [0, 0.1) is 5.41 Å². The number of carbonyl (C=O) groups is 1. The van der Waals surface area contributed by atoms with Gasteiger partial charge in [-0.1, -0.05) is 6.08 Å². The maximum Gasteiger partial charge on any atom is 0.132 e. The number of rotatable bonds is 1. The van der Waals surface area contributed by atoms with Gasteiger partial charge in [-0.3, -0.25) is 4.79 Å². The number of aliphatic hydroxyl groups is 1. The molecule has 0 amide bonds. The normalized spacial score (nSPS) is 36.2. The lowest BCUT2D eigenvalue weighted by Gasteiger charge is -2.43. The third-order valence-corrected chi connectivity index (χ3v) is 4.23. The highest BCUT2D eigenvalue weighted by atomic mass is 16.3. The summed E-state index contributed by atoms with van der Waals surface area (Å²) in [5.74, 6) is 0.355. The second-order valence-corrected chi connectivity index (χ2v) is 4.80. The zero-order valence-electron chi connectivity index (χ0n) is 8.59. The Morgan fingerprint density at radius 2 is 1.86 bits per heavy atom. The second-order valence-electron chi connectivity index (χ2n) is 4.80. The van der Waals surface area contributed by atoms with Crippen LogP contribution in [0.25, 0.3) is 0 Å². The van der Waals surface area contributed by atoms with E-state index in [0.29, 0.717) is 18.6 Å². The Bertz CT molecular complexity index is 259. The highest BCUT2D eigenvalue weighted by molar-refractivity contribution is 5.79. The fourth-order valence-corrected chi connectivity index (χ4v) is 3.19. The van der Waals surface area contributed by atoms with Crippen molar-refractivity contribution in [1.29, 1.82) is 0 Å². The first kappa shape index (κ1) is 9.91. The SMILES string of the molecule is C=CC1(O)CCCC12CCC(=O)CC2. The minimum atomic E-state index is -0.701. The molecule has 2 rings (SSSR count). The average molecular weight is 194 g/mol. The first-order valence-electron chi connectivity index (χ1n) is 5.50. The third-order valence-electron chi connectivity index (χ3n) is 4.23. The molecule has 14 heavy (non-hydrogen) atoms. The fraction of sp³-hybridized carbons (Fsp3) is 0.750. The first-order chi connectivity index (χ1) is 6.62. The van der Waals surface area contributed by atoms with Crippen molar-refractivity contribution in [2.24, 2.45) is 5.41 Å². The molecule has 0 heterocycles. The number of ketones is 1. The largest absolute Gasteiger partial charge is 0.385 e. The van der Waals surface area contributed by atoms with Crippen molar-refractivity contribution in [3.63, 3.8) is 0 Å². The third kappa shape index (κ3) is 1.24. The van der Waals surface area contributed by atoms with Crippen molar-refractivity contribution in [2.45, 2.75) is 50.5 Å². The lowest BCUT2D eigenvalue weighted by Crippen LogP contribution is -2.44. The molecule has 0 saturated heterocycles. The Morgan fingerprint density at radius 3 is 2.43 bits per heavy atom. The molecule has 1 unspecified atom stereocenters. The molecule has 0 aliphatic heterocycles. The van der Waals surface area contributed by atoms with E-state index in [1.54, 1.807) is 6.08 Å². The number of hydrogen-bond donors (Lipinski definition) is 1. The standard InChI is InChI=1S/C12H18O2/c1-2-12(14)7-3-6-11(12)8-4-10(13)5-9-11/h2,14H,1,3-9H2. The molecule has 1 N–H and O–H groups in total. The van der Waals surface area contributed by atoms with E-state index in [2.05, 4.69) is 6.58 Å². The Hall–Kier alpha value is -0.630. The van der Waals surface area contributed by atoms with Gasteiger partial charge in [0.2, 0.25) is 0 Å². The Kier molecular flexibility index (Phi) is 2.26. The van der Waals surface area contributed by atoms with Gasteiger partial charge in [-0.15, -0.1) is 6.58 Å². The molecule has 2 fully saturated rings. The molecular formula is C12H18O2. The number of carbonyl (C=O) groups excluding carboxylic acids is 1. The van der Waals surface area contributed by atoms with Gasteiger partial charge in [0.05, 0.1) is 5.60 Å². The summed E-state index contributed by atoms with van der Waals surface area (Å²) in [4.78, 5) is 11.2. The molecule has 2 saturated carbocycles. The summed E-state index contributed by atoms with van der Waals surface area (Å²) < 4.78 is 0. The van der Waals surface area contributed by atoms with Gasteiger partial charge in [-0.2, -0.15) is 0 Å². The summed E-state index contributed by atoms with van der Waals surface area (Å²) in [5, 5.41) is 10.4. The van der Waals surface area contributed by atoms with Crippen LogP contribution in [-0.2, 0) is 4.79 Å². The molecule has 1 spiro atoms. The molecule has 78 valence electrons. The molecule has 2 aliphatic carbocycles. The monoisotopic (exact) mass is 194 g/mol. The maximum atomic E-state index is 11.2. The predicted molar refractivity (Wildman–Crippen MR) is 54.9 cm³/mol. The van der Waals surface area contributed by atoms with Crippen LogP contribution in [0.1, 0.15) is 44.9 Å². The van der Waals surface area contributed by atoms with Gasteiger partial charge < -0.3 is 5.11 Å². The van der Waals surface area contributed by atoms with Gasteiger partial charge in [-0.25, -0.2) is 0 Å². The Morgan fingerprint density at radius 1 is 1.21 bits per heavy atom. The van der Waals surface area contributed by atoms with Crippen molar-refractivity contribution < 1.29 is 9.90 Å². The van der Waals surface area contributed by atoms with Crippen LogP contribution in [0.3, 0.4) is 0 Å². The first-order valence-corrected chi connectivity index (χ1v) is 5.50. The van der Waals surface area contributed by atoms with Gasteiger partial charge in [0.25, 0.3) is 0 Å². The van der Waals surface area contributed by atoms with E-state index in [1.165, 1.54) is 0 Å². The fourth-order valence-electron chi connectivity index (χ4n) is 3.19. The van der Waals surface area contributed by atoms with E-state index in [1.807, 2.05) is 0 Å². The topological polar surface area (TPSA) is 37.3 Å². The lowest BCUT2D eigenvalue weighted by atomic mass is 9.65. The number of Topliss-reactive ketones (excluding diaryl/α,β-unsaturated/α-hetero) is 1. The molecule has 2 nitrogen and oxygen atoms in total. The van der Waals surface area contributed by atoms with Crippen LogP contribution in [0.2, 0.25) is 0 Å². The summed E-state index contributed by atoms with van der Waals surface area (Å²) in [6.07, 6.45) is 7.66. The van der Waals surface area contributed by atoms with Crippen molar-refractivity contribution in [2.75, 3.05) is 0 Å². The molecule has 0 bridgehead atoms. The Labute approximate surface area is 85.0 Å². The van der Waals surface area contributed by atoms with E-state index in [4.69, 9.17) is 0 Å². The summed E-state index contributed by atoms with van der Waals surface area (Å²) >= 11 is 0. The van der Waals surface area contributed by atoms with E-state index in [9.17, 15) is 9.90 Å². The van der Waals surface area contributed by atoms with E-state index in [0.717, 1.165) is 32.1 Å². The molecule has 1 atom stereocenters. The smallest absolute Gasteiger partial charge is 0.132 e. The van der Waals surface area contributed by atoms with Crippen LogP contribution in [-0.4, -0.2) is 16.5 Å². The lowest BCUT2D eigenvalue weighted by molar-refractivity contribution is -0.126.